The van der Waals surface area contributed by atoms with E-state index in [0.29, 0.717) is 4.31 Å². The second-order valence-electron chi connectivity index (χ2n) is 5.73. The normalized spacial score (nSPS) is 12.5. The van der Waals surface area contributed by atoms with E-state index in [2.05, 4.69) is 19.6 Å². The topological polar surface area (TPSA) is 90.9 Å². The molecule has 1 unspecified atom stereocenters. The summed E-state index contributed by atoms with van der Waals surface area (Å²) >= 11 is 0. The lowest BCUT2D eigenvalue weighted by atomic mass is 10.1. The fourth-order valence-electron chi connectivity index (χ4n) is 2.59. The highest BCUT2D eigenvalue weighted by Gasteiger charge is 2.41. The van der Waals surface area contributed by atoms with E-state index < -0.39 is 70.2 Å². The number of benzene rings is 1. The summed E-state index contributed by atoms with van der Waals surface area (Å²) in [5.41, 5.74) is -2.00. The van der Waals surface area contributed by atoms with Crippen molar-refractivity contribution in [3.8, 4) is 5.75 Å². The van der Waals surface area contributed by atoms with Crippen LogP contribution in [0.1, 0.15) is 21.6 Å². The number of halogens is 5. The lowest BCUT2D eigenvalue weighted by molar-refractivity contribution is -0.364. The van der Waals surface area contributed by atoms with E-state index >= 15 is 0 Å². The molecule has 0 saturated carbocycles. The summed E-state index contributed by atoms with van der Waals surface area (Å²) in [5, 5.41) is 0. The van der Waals surface area contributed by atoms with Gasteiger partial charge in [-0.25, -0.2) is 27.8 Å². The predicted molar refractivity (Wildman–Crippen MR) is 97.6 cm³/mol. The molecule has 1 aromatic carbocycles. The predicted octanol–water partition coefficient (Wildman–Crippen LogP) is 3.16. The quantitative estimate of drug-likeness (QED) is 0.390. The fraction of sp³-hybridized carbons (Fsp3) is 0.353. The first-order chi connectivity index (χ1) is 14.7. The molecule has 0 radical (unpaired) electrons. The number of hydrogen-bond donors (Lipinski definition) is 0. The Kier molecular flexibility index (Phi) is 8.21. The van der Waals surface area contributed by atoms with Crippen LogP contribution in [-0.4, -0.2) is 47.3 Å². The lowest BCUT2D eigenvalue weighted by Gasteiger charge is -2.24. The molecule has 8 nitrogen and oxygen atoms in total. The molecule has 2 rings (SSSR count). The maximum Gasteiger partial charge on any atom is 0.416 e. The van der Waals surface area contributed by atoms with Crippen LogP contribution in [0.5, 0.6) is 5.75 Å². The van der Waals surface area contributed by atoms with Crippen LogP contribution in [-0.2, 0) is 32.5 Å². The van der Waals surface area contributed by atoms with Gasteiger partial charge in [-0.05, 0) is 16.2 Å². The van der Waals surface area contributed by atoms with E-state index in [-0.39, 0.29) is 0 Å². The smallest absolute Gasteiger partial charge is 0.416 e. The highest BCUT2D eigenvalue weighted by molar-refractivity contribution is 7.85. The maximum atomic E-state index is 14.0. The number of aromatic nitrogens is 2. The molecule has 0 aliphatic rings. The van der Waals surface area contributed by atoms with Gasteiger partial charge in [0.15, 0.2) is 11.5 Å². The van der Waals surface area contributed by atoms with Crippen LogP contribution < -0.4 is 9.04 Å². The Morgan fingerprint density at radius 1 is 1.23 bits per heavy atom. The largest absolute Gasteiger partial charge is 0.496 e. The molecule has 0 spiro atoms. The number of hydrogen-bond acceptors (Lipinski definition) is 7. The summed E-state index contributed by atoms with van der Waals surface area (Å²) in [6.07, 6.45) is -5.38. The van der Waals surface area contributed by atoms with E-state index in [4.69, 9.17) is 4.74 Å². The Morgan fingerprint density at radius 3 is 2.48 bits per heavy atom. The minimum Gasteiger partial charge on any atom is -0.496 e. The molecule has 2 aromatic rings. The van der Waals surface area contributed by atoms with Gasteiger partial charge in [0.05, 0.1) is 32.1 Å². The zero-order chi connectivity index (χ0) is 23.2. The molecule has 0 aliphatic carbocycles. The summed E-state index contributed by atoms with van der Waals surface area (Å²) in [6, 6.07) is 3.41. The zero-order valence-electron chi connectivity index (χ0n) is 16.1. The Balaban J connectivity index is 2.52. The van der Waals surface area contributed by atoms with Gasteiger partial charge < -0.3 is 9.47 Å². The first-order valence-electron chi connectivity index (χ1n) is 8.33. The minimum absolute atomic E-state index is 0.414. The molecule has 0 N–H and O–H groups in total. The molecule has 1 atom stereocenters. The molecule has 170 valence electrons. The highest BCUT2D eigenvalue weighted by Crippen LogP contribution is 2.39. The molecule has 0 bridgehead atoms. The van der Waals surface area contributed by atoms with E-state index in [1.165, 1.54) is 6.07 Å². The van der Waals surface area contributed by atoms with Gasteiger partial charge >= 0.3 is 12.1 Å². The SMILES string of the molecule is COC(=O)c1nccnc1N(CC(F)F)S(=O)Cc1cccc(OC)c1C(F)(F)OF. The van der Waals surface area contributed by atoms with Crippen molar-refractivity contribution in [3.05, 3.63) is 47.4 Å². The summed E-state index contributed by atoms with van der Waals surface area (Å²) in [4.78, 5) is 22.1. The minimum atomic E-state index is -4.47. The molecule has 1 heterocycles. The van der Waals surface area contributed by atoms with Gasteiger partial charge in [0.2, 0.25) is 0 Å². The number of rotatable bonds is 10. The third kappa shape index (κ3) is 5.64. The summed E-state index contributed by atoms with van der Waals surface area (Å²) in [5.74, 6) is -2.83. The molecular weight excluding hydrogens is 453 g/mol. The van der Waals surface area contributed by atoms with Gasteiger partial charge in [-0.15, -0.1) is 4.94 Å². The van der Waals surface area contributed by atoms with Crippen molar-refractivity contribution in [2.24, 2.45) is 0 Å². The Morgan fingerprint density at radius 2 is 1.90 bits per heavy atom. The van der Waals surface area contributed by atoms with Crippen molar-refractivity contribution in [2.75, 3.05) is 25.1 Å². The molecule has 0 saturated heterocycles. The van der Waals surface area contributed by atoms with Gasteiger partial charge in [0.25, 0.3) is 6.43 Å². The van der Waals surface area contributed by atoms with Gasteiger partial charge in [0.1, 0.15) is 16.7 Å². The van der Waals surface area contributed by atoms with Crippen molar-refractivity contribution in [2.45, 2.75) is 18.3 Å². The van der Waals surface area contributed by atoms with Crippen LogP contribution in [0, 0.1) is 0 Å². The summed E-state index contributed by atoms with van der Waals surface area (Å²) in [6.45, 7) is -1.18. The molecule has 14 heteroatoms. The van der Waals surface area contributed by atoms with Crippen LogP contribution in [0.4, 0.5) is 27.9 Å². The molecule has 0 fully saturated rings. The van der Waals surface area contributed by atoms with Crippen LogP contribution in [0.25, 0.3) is 0 Å². The van der Waals surface area contributed by atoms with E-state index in [9.17, 15) is 31.1 Å². The van der Waals surface area contributed by atoms with E-state index in [1.54, 1.807) is 0 Å². The Bertz CT molecular complexity index is 950. The van der Waals surface area contributed by atoms with Crippen molar-refractivity contribution < 1.29 is 45.5 Å². The van der Waals surface area contributed by atoms with Crippen LogP contribution >= 0.6 is 0 Å². The second-order valence-corrected chi connectivity index (χ2v) is 7.10. The fourth-order valence-corrected chi connectivity index (χ4v) is 3.86. The number of carbonyl (C=O) groups excluding carboxylic acids is 1. The molecule has 1 aromatic heterocycles. The number of carbonyl (C=O) groups is 1. The van der Waals surface area contributed by atoms with Crippen molar-refractivity contribution in [1.29, 1.82) is 0 Å². The number of methoxy groups -OCH3 is 2. The van der Waals surface area contributed by atoms with Gasteiger partial charge in [-0.3, -0.25) is 4.31 Å². The van der Waals surface area contributed by atoms with Crippen LogP contribution in [0.15, 0.2) is 30.6 Å². The number of esters is 1. The van der Waals surface area contributed by atoms with Gasteiger partial charge in [-0.2, -0.15) is 8.78 Å². The first kappa shape index (κ1) is 24.4. The first-order valence-corrected chi connectivity index (χ1v) is 9.61. The monoisotopic (exact) mass is 469 g/mol. The number of anilines is 1. The van der Waals surface area contributed by atoms with Crippen molar-refractivity contribution in [1.82, 2.24) is 9.97 Å². The summed E-state index contributed by atoms with van der Waals surface area (Å²) < 4.78 is 89.6. The third-order valence-electron chi connectivity index (χ3n) is 3.84. The van der Waals surface area contributed by atoms with Crippen molar-refractivity contribution in [3.63, 3.8) is 0 Å². The number of nitrogens with zero attached hydrogens (tertiary/aromatic N) is 3. The van der Waals surface area contributed by atoms with E-state index in [1.807, 2.05) is 0 Å². The lowest BCUT2D eigenvalue weighted by Crippen LogP contribution is -2.34. The average molecular weight is 469 g/mol. The molecule has 31 heavy (non-hydrogen) atoms. The number of ether oxygens (including phenoxy) is 2. The maximum absolute atomic E-state index is 14.0. The van der Waals surface area contributed by atoms with Crippen molar-refractivity contribution >= 4 is 22.8 Å². The molecular formula is C17H16F5N3O5S. The average Bonchev–Trinajstić information content (AvgIpc) is 2.76. The van der Waals surface area contributed by atoms with Crippen LogP contribution in [0.3, 0.4) is 0 Å². The number of alkyl halides is 4. The van der Waals surface area contributed by atoms with Crippen LogP contribution in [0.2, 0.25) is 0 Å². The molecule has 0 amide bonds. The Labute approximate surface area is 175 Å². The van der Waals surface area contributed by atoms with Gasteiger partial charge in [0, 0.05) is 12.4 Å². The summed E-state index contributed by atoms with van der Waals surface area (Å²) in [7, 11) is -0.439. The zero-order valence-corrected chi connectivity index (χ0v) is 16.9. The van der Waals surface area contributed by atoms with E-state index in [0.717, 1.165) is 38.7 Å². The third-order valence-corrected chi connectivity index (χ3v) is 5.21. The highest BCUT2D eigenvalue weighted by atomic mass is 32.2. The van der Waals surface area contributed by atoms with Gasteiger partial charge in [-0.1, -0.05) is 12.1 Å². The standard InChI is InChI=1S/C17H16F5N3O5S/c1-28-11-5-3-4-10(13(11)17(20,21)30-22)9-31(27)25(8-12(18)19)15-14(16(26)29-2)23-6-7-24-15/h3-7,12H,8-9H2,1-2H3. The Hall–Kier alpha value is -2.87. The second kappa shape index (κ2) is 10.4. The molecule has 0 aliphatic heterocycles.